The Labute approximate surface area is 333 Å². The first kappa shape index (κ1) is 47.7. The van der Waals surface area contributed by atoms with E-state index in [1.54, 1.807) is 0 Å². The smallest absolute Gasteiger partial charge is 0.303 e. The predicted octanol–water partition coefficient (Wildman–Crippen LogP) is 0.962. The average molecular weight is 923 g/mol. The predicted molar refractivity (Wildman–Crippen MR) is 186 cm³/mol. The molecule has 2 saturated heterocycles. The van der Waals surface area contributed by atoms with E-state index in [0.717, 1.165) is 55.4 Å². The van der Waals surface area contributed by atoms with Crippen LogP contribution in [0.25, 0.3) is 0 Å². The third kappa shape index (κ3) is 15.2. The summed E-state index contributed by atoms with van der Waals surface area (Å²) >= 11 is 6.90. The van der Waals surface area contributed by atoms with Crippen molar-refractivity contribution in [3.8, 4) is 0 Å². The maximum absolute atomic E-state index is 12.3. The quantitative estimate of drug-likeness (QED) is 0.106. The summed E-state index contributed by atoms with van der Waals surface area (Å²) in [5.41, 5.74) is -1.08. The molecule has 20 nitrogen and oxygen atoms in total. The molecule has 22 heteroatoms. The van der Waals surface area contributed by atoms with E-state index in [4.69, 9.17) is 56.8 Å². The van der Waals surface area contributed by atoms with Gasteiger partial charge in [-0.05, 0) is 0 Å². The van der Waals surface area contributed by atoms with Crippen molar-refractivity contribution in [1.82, 2.24) is 0 Å². The fourth-order valence-electron chi connectivity index (χ4n) is 5.40. The van der Waals surface area contributed by atoms with Crippen molar-refractivity contribution in [2.45, 2.75) is 117 Å². The van der Waals surface area contributed by atoms with Crippen LogP contribution in [0.5, 0.6) is 0 Å². The fraction of sp³-hybridized carbons (Fsp3) is 0.758. The number of ether oxygens (including phenoxy) is 12. The Morgan fingerprint density at radius 2 is 0.709 bits per heavy atom. The van der Waals surface area contributed by atoms with Crippen LogP contribution in [0.3, 0.4) is 0 Å². The molecular weight excluding hydrogens is 876 g/mol. The molecule has 2 rings (SSSR count). The lowest BCUT2D eigenvalue weighted by atomic mass is 9.94. The van der Waals surface area contributed by atoms with Crippen molar-refractivity contribution in [2.24, 2.45) is 5.41 Å². The second-order valence-corrected chi connectivity index (χ2v) is 13.6. The van der Waals surface area contributed by atoms with E-state index in [0.29, 0.717) is 0 Å². The number of hydrogen-bond donors (Lipinski definition) is 0. The molecule has 312 valence electrons. The second kappa shape index (κ2) is 22.3. The number of carbonyl (C=O) groups excluding carboxylic acids is 8. The van der Waals surface area contributed by atoms with Crippen LogP contribution in [0, 0.1) is 5.41 Å². The molecule has 2 aliphatic heterocycles. The number of hydrogen-bond acceptors (Lipinski definition) is 20. The van der Waals surface area contributed by atoms with Gasteiger partial charge in [-0.25, -0.2) is 0 Å². The summed E-state index contributed by atoms with van der Waals surface area (Å²) in [6.45, 7) is 7.21. The minimum Gasteiger partial charge on any atom is -0.463 e. The van der Waals surface area contributed by atoms with Gasteiger partial charge in [0.05, 0.1) is 13.2 Å². The van der Waals surface area contributed by atoms with E-state index in [9.17, 15) is 38.4 Å². The van der Waals surface area contributed by atoms with Gasteiger partial charge >= 0.3 is 47.8 Å². The zero-order valence-corrected chi connectivity index (χ0v) is 34.6. The van der Waals surface area contributed by atoms with Crippen molar-refractivity contribution in [3.05, 3.63) is 0 Å². The molecule has 0 aliphatic carbocycles. The molecule has 0 N–H and O–H groups in total. The number of esters is 8. The molecule has 0 spiro atoms. The van der Waals surface area contributed by atoms with Crippen LogP contribution in [0.15, 0.2) is 0 Å². The largest absolute Gasteiger partial charge is 0.463 e. The summed E-state index contributed by atoms with van der Waals surface area (Å²) in [6.07, 6.45) is -14.4. The first-order chi connectivity index (χ1) is 25.7. The van der Waals surface area contributed by atoms with Crippen LogP contribution in [-0.4, -0.2) is 146 Å². The lowest BCUT2D eigenvalue weighted by molar-refractivity contribution is -0.321. The van der Waals surface area contributed by atoms with Crippen molar-refractivity contribution < 1.29 is 95.2 Å². The standard InChI is InChI=1S/C33H46Br2O20/c1-15(36)44-9-23-25(48-17(3)38)27(50-19(5)40)29(52-21(7)42)31(54-23)46-13-33(11-34,12-35)14-47-32-30(53-22(8)43)28(51-20(6)41)26(49-18(4)39)24(55-32)10-45-16(2)37/h23-32H,9-14H2,1-8H3/t23-,24-,25-,26-,27+,28+,29-,30-,31-,32-/m1/s1. The van der Waals surface area contributed by atoms with E-state index >= 15 is 0 Å². The molecule has 0 aromatic heterocycles. The third-order valence-electron chi connectivity index (χ3n) is 7.57. The maximum Gasteiger partial charge on any atom is 0.303 e. The number of rotatable bonds is 18. The zero-order valence-electron chi connectivity index (χ0n) is 31.4. The number of alkyl halides is 2. The zero-order chi connectivity index (χ0) is 41.6. The van der Waals surface area contributed by atoms with Gasteiger partial charge in [0.1, 0.15) is 25.4 Å². The highest BCUT2D eigenvalue weighted by molar-refractivity contribution is 9.09. The van der Waals surface area contributed by atoms with E-state index in [2.05, 4.69) is 31.9 Å². The van der Waals surface area contributed by atoms with E-state index < -0.39 is 128 Å². The molecule has 2 fully saturated rings. The van der Waals surface area contributed by atoms with Crippen LogP contribution in [0.4, 0.5) is 0 Å². The van der Waals surface area contributed by atoms with E-state index in [1.165, 1.54) is 0 Å². The van der Waals surface area contributed by atoms with Crippen molar-refractivity contribution in [1.29, 1.82) is 0 Å². The van der Waals surface area contributed by atoms with Crippen LogP contribution in [0.2, 0.25) is 0 Å². The van der Waals surface area contributed by atoms with Crippen LogP contribution in [0.1, 0.15) is 55.4 Å². The Balaban J connectivity index is 2.50. The third-order valence-corrected chi connectivity index (χ3v) is 9.95. The van der Waals surface area contributed by atoms with Gasteiger partial charge in [0.25, 0.3) is 0 Å². The lowest BCUT2D eigenvalue weighted by Gasteiger charge is -2.46. The van der Waals surface area contributed by atoms with Gasteiger partial charge in [-0.3, -0.25) is 38.4 Å². The molecular formula is C33H46Br2O20. The molecule has 0 unspecified atom stereocenters. The minimum absolute atomic E-state index is 0.127. The van der Waals surface area contributed by atoms with Crippen LogP contribution >= 0.6 is 31.9 Å². The molecule has 2 aliphatic rings. The Morgan fingerprint density at radius 3 is 0.964 bits per heavy atom. The summed E-state index contributed by atoms with van der Waals surface area (Å²) in [4.78, 5) is 96.6. The highest BCUT2D eigenvalue weighted by Gasteiger charge is 2.55. The minimum atomic E-state index is -1.52. The van der Waals surface area contributed by atoms with Crippen molar-refractivity contribution in [2.75, 3.05) is 37.1 Å². The molecule has 10 atom stereocenters. The van der Waals surface area contributed by atoms with Crippen molar-refractivity contribution >= 4 is 79.6 Å². The molecule has 0 saturated carbocycles. The Hall–Kier alpha value is -3.44. The first-order valence-electron chi connectivity index (χ1n) is 16.7. The first-order valence-corrected chi connectivity index (χ1v) is 18.9. The molecule has 0 aromatic rings. The molecule has 0 amide bonds. The van der Waals surface area contributed by atoms with Gasteiger partial charge in [0, 0.05) is 71.5 Å². The summed E-state index contributed by atoms with van der Waals surface area (Å²) in [7, 11) is 0. The lowest BCUT2D eigenvalue weighted by Crippen LogP contribution is -2.63. The van der Waals surface area contributed by atoms with Gasteiger partial charge in [-0.2, -0.15) is 0 Å². The highest BCUT2D eigenvalue weighted by Crippen LogP contribution is 2.35. The summed E-state index contributed by atoms with van der Waals surface area (Å²) < 4.78 is 67.3. The monoisotopic (exact) mass is 920 g/mol. The van der Waals surface area contributed by atoms with Gasteiger partial charge in [-0.15, -0.1) is 0 Å². The summed E-state index contributed by atoms with van der Waals surface area (Å²) in [6, 6.07) is 0. The summed E-state index contributed by atoms with van der Waals surface area (Å²) in [5.74, 6) is -6.36. The van der Waals surface area contributed by atoms with Crippen LogP contribution < -0.4 is 0 Å². The highest BCUT2D eigenvalue weighted by atomic mass is 79.9. The molecule has 55 heavy (non-hydrogen) atoms. The van der Waals surface area contributed by atoms with Gasteiger partial charge in [-0.1, -0.05) is 31.9 Å². The fourth-order valence-corrected chi connectivity index (χ4v) is 6.97. The summed E-state index contributed by atoms with van der Waals surface area (Å²) in [5, 5.41) is 0.254. The molecule has 0 radical (unpaired) electrons. The SMILES string of the molecule is CC(=O)OC[C@H]1O[C@@H](OCC(CBr)(CBr)CO[C@@H]2O[C@H](COC(C)=O)[C@@H](OC(C)=O)[C@H](OC(C)=O)[C@H]2OC(C)=O)[C@H](OC(C)=O)[C@@H](OC(C)=O)[C@@H]1OC(C)=O. The molecule has 2 heterocycles. The number of halogens is 2. The molecule has 0 bridgehead atoms. The Bertz CT molecular complexity index is 1290. The molecule has 0 aromatic carbocycles. The van der Waals surface area contributed by atoms with E-state index in [-0.39, 0.29) is 23.9 Å². The maximum atomic E-state index is 12.3. The average Bonchev–Trinajstić information content (AvgIpc) is 3.06. The van der Waals surface area contributed by atoms with Gasteiger partial charge < -0.3 is 56.8 Å². The topological polar surface area (TPSA) is 247 Å². The van der Waals surface area contributed by atoms with Crippen molar-refractivity contribution in [3.63, 3.8) is 0 Å². The Morgan fingerprint density at radius 1 is 0.436 bits per heavy atom. The normalized spacial score (nSPS) is 27.7. The second-order valence-electron chi connectivity index (χ2n) is 12.5. The Kier molecular flexibility index (Phi) is 19.4. The van der Waals surface area contributed by atoms with E-state index in [1.807, 2.05) is 0 Å². The van der Waals surface area contributed by atoms with Gasteiger partial charge in [0.15, 0.2) is 49.2 Å². The number of carbonyl (C=O) groups is 8. The van der Waals surface area contributed by atoms with Crippen LogP contribution in [-0.2, 0) is 95.2 Å². The van der Waals surface area contributed by atoms with Gasteiger partial charge in [0.2, 0.25) is 0 Å².